The van der Waals surface area contributed by atoms with E-state index in [1.165, 1.54) is 10.8 Å². The summed E-state index contributed by atoms with van der Waals surface area (Å²) in [6.07, 6.45) is 3.09. The molecule has 1 aromatic heterocycles. The predicted molar refractivity (Wildman–Crippen MR) is 54.7 cm³/mol. The molecule has 0 saturated heterocycles. The molecule has 0 radical (unpaired) electrons. The van der Waals surface area contributed by atoms with Gasteiger partial charge in [0, 0.05) is 22.6 Å². The molecule has 72 valence electrons. The summed E-state index contributed by atoms with van der Waals surface area (Å²) >= 11 is 0. The molecular weight excluding hydrogens is 200 g/mol. The van der Waals surface area contributed by atoms with Crippen molar-refractivity contribution in [3.8, 4) is 0 Å². The van der Waals surface area contributed by atoms with Gasteiger partial charge in [0.1, 0.15) is 5.82 Å². The molecule has 0 saturated carbocycles. The lowest BCUT2D eigenvalue weighted by Crippen LogP contribution is -1.90. The van der Waals surface area contributed by atoms with Gasteiger partial charge in [0.2, 0.25) is 0 Å². The van der Waals surface area contributed by atoms with Gasteiger partial charge in [0.05, 0.1) is 0 Å². The average molecular weight is 208 g/mol. The van der Waals surface area contributed by atoms with Gasteiger partial charge in [0.15, 0.2) is 9.84 Å². The van der Waals surface area contributed by atoms with Crippen LogP contribution in [0.5, 0.6) is 0 Å². The van der Waals surface area contributed by atoms with Crippen LogP contribution in [-0.4, -0.2) is 13.4 Å². The van der Waals surface area contributed by atoms with Crippen molar-refractivity contribution < 1.29 is 8.42 Å². The highest BCUT2D eigenvalue weighted by Gasteiger charge is 2.12. The Labute approximate surface area is 81.7 Å². The number of nitrogens with zero attached hydrogens (tertiary/aromatic N) is 1. The van der Waals surface area contributed by atoms with Crippen LogP contribution < -0.4 is 5.73 Å². The fraction of sp³-hybridized carbons (Fsp3) is 0. The molecule has 1 aliphatic heterocycles. The van der Waals surface area contributed by atoms with Crippen molar-refractivity contribution in [2.24, 2.45) is 0 Å². The molecule has 1 aliphatic rings. The summed E-state index contributed by atoms with van der Waals surface area (Å²) in [7, 11) is -3.16. The molecule has 0 unspecified atom stereocenters. The molecule has 0 bridgehead atoms. The van der Waals surface area contributed by atoms with Crippen molar-refractivity contribution in [2.75, 3.05) is 5.73 Å². The molecule has 2 rings (SSSR count). The topological polar surface area (TPSA) is 73.1 Å². The van der Waals surface area contributed by atoms with E-state index >= 15 is 0 Å². The second kappa shape index (κ2) is 2.95. The molecule has 0 atom stereocenters. The number of nitrogen functional groups attached to an aromatic ring is 1. The molecule has 2 N–H and O–H groups in total. The number of aromatic nitrogens is 1. The van der Waals surface area contributed by atoms with E-state index in [1.807, 2.05) is 0 Å². The van der Waals surface area contributed by atoms with Crippen LogP contribution in [0.25, 0.3) is 5.57 Å². The number of hydrogen-bond acceptors (Lipinski definition) is 4. The van der Waals surface area contributed by atoms with Crippen LogP contribution in [-0.2, 0) is 9.84 Å². The zero-order valence-electron chi connectivity index (χ0n) is 7.21. The highest BCUT2D eigenvalue weighted by atomic mass is 32.2. The molecule has 0 aromatic carbocycles. The zero-order valence-corrected chi connectivity index (χ0v) is 8.03. The van der Waals surface area contributed by atoms with Crippen LogP contribution >= 0.6 is 0 Å². The maximum absolute atomic E-state index is 11.1. The van der Waals surface area contributed by atoms with Crippen molar-refractivity contribution in [1.82, 2.24) is 4.98 Å². The Morgan fingerprint density at radius 2 is 2.07 bits per heavy atom. The van der Waals surface area contributed by atoms with Gasteiger partial charge in [-0.25, -0.2) is 13.4 Å². The van der Waals surface area contributed by atoms with Crippen molar-refractivity contribution >= 4 is 21.2 Å². The predicted octanol–water partition coefficient (Wildman–Crippen LogP) is 0.947. The summed E-state index contributed by atoms with van der Waals surface area (Å²) in [5, 5.41) is 2.37. The quantitative estimate of drug-likeness (QED) is 0.745. The summed E-state index contributed by atoms with van der Waals surface area (Å²) < 4.78 is 22.1. The van der Waals surface area contributed by atoms with E-state index in [0.29, 0.717) is 11.4 Å². The minimum atomic E-state index is -3.16. The van der Waals surface area contributed by atoms with Gasteiger partial charge in [-0.1, -0.05) is 0 Å². The molecule has 1 aromatic rings. The zero-order chi connectivity index (χ0) is 10.2. The Balaban J connectivity index is 2.44. The number of rotatable bonds is 1. The van der Waals surface area contributed by atoms with Crippen LogP contribution in [0.4, 0.5) is 5.82 Å². The molecule has 4 nitrogen and oxygen atoms in total. The number of hydrogen-bond donors (Lipinski definition) is 1. The van der Waals surface area contributed by atoms with E-state index < -0.39 is 9.84 Å². The lowest BCUT2D eigenvalue weighted by atomic mass is 10.1. The fourth-order valence-electron chi connectivity index (χ4n) is 1.16. The van der Waals surface area contributed by atoms with E-state index in [2.05, 4.69) is 4.98 Å². The van der Waals surface area contributed by atoms with E-state index in [-0.39, 0.29) is 0 Å². The van der Waals surface area contributed by atoms with Gasteiger partial charge < -0.3 is 5.73 Å². The molecular formula is C9H8N2O2S. The fourth-order valence-corrected chi connectivity index (χ4v) is 2.15. The molecule has 5 heteroatoms. The van der Waals surface area contributed by atoms with Crippen molar-refractivity contribution in [3.05, 3.63) is 40.8 Å². The largest absolute Gasteiger partial charge is 0.384 e. The summed E-state index contributed by atoms with van der Waals surface area (Å²) in [5.74, 6) is 0.416. The first-order valence-electron chi connectivity index (χ1n) is 3.94. The normalized spacial score (nSPS) is 18.1. The molecule has 0 aliphatic carbocycles. The van der Waals surface area contributed by atoms with Crippen molar-refractivity contribution in [3.63, 3.8) is 0 Å². The lowest BCUT2D eigenvalue weighted by Gasteiger charge is -1.97. The highest BCUT2D eigenvalue weighted by Crippen LogP contribution is 2.23. The van der Waals surface area contributed by atoms with E-state index in [4.69, 9.17) is 5.73 Å². The Hall–Kier alpha value is -1.62. The average Bonchev–Trinajstić information content (AvgIpc) is 2.47. The maximum atomic E-state index is 11.1. The smallest absolute Gasteiger partial charge is 0.193 e. The minimum Gasteiger partial charge on any atom is -0.384 e. The van der Waals surface area contributed by atoms with Crippen molar-refractivity contribution in [1.29, 1.82) is 0 Å². The standard InChI is InChI=1S/C9H8N2O2S/c10-9-2-1-7(5-11-9)8-3-4-14(12,13)6-8/h1-6H,(H2,10,11). The highest BCUT2D eigenvalue weighted by molar-refractivity contribution is 7.97. The van der Waals surface area contributed by atoms with Crippen LogP contribution in [0.3, 0.4) is 0 Å². The molecule has 0 fully saturated rings. The van der Waals surface area contributed by atoms with Crippen molar-refractivity contribution in [2.45, 2.75) is 0 Å². The monoisotopic (exact) mass is 208 g/mol. The number of pyridine rings is 1. The van der Waals surface area contributed by atoms with E-state index in [9.17, 15) is 8.42 Å². The maximum Gasteiger partial charge on any atom is 0.193 e. The van der Waals surface area contributed by atoms with Gasteiger partial charge in [0.25, 0.3) is 0 Å². The van der Waals surface area contributed by atoms with Crippen LogP contribution in [0, 0.1) is 0 Å². The molecule has 0 amide bonds. The Kier molecular flexibility index (Phi) is 1.89. The van der Waals surface area contributed by atoms with Gasteiger partial charge in [-0.3, -0.25) is 0 Å². The first kappa shape index (κ1) is 8.96. The Morgan fingerprint density at radius 1 is 1.29 bits per heavy atom. The number of allylic oxidation sites excluding steroid dienone is 2. The summed E-state index contributed by atoms with van der Waals surface area (Å²) in [6.45, 7) is 0. The van der Waals surface area contributed by atoms with Gasteiger partial charge >= 0.3 is 0 Å². The number of anilines is 1. The van der Waals surface area contributed by atoms with Gasteiger partial charge in [-0.2, -0.15) is 0 Å². The molecule has 14 heavy (non-hydrogen) atoms. The molecule has 2 heterocycles. The summed E-state index contributed by atoms with van der Waals surface area (Å²) in [4.78, 5) is 3.88. The second-order valence-corrected chi connectivity index (χ2v) is 4.62. The Morgan fingerprint density at radius 3 is 2.57 bits per heavy atom. The second-order valence-electron chi connectivity index (χ2n) is 2.94. The third-order valence-electron chi connectivity index (χ3n) is 1.85. The van der Waals surface area contributed by atoms with Gasteiger partial charge in [-0.15, -0.1) is 0 Å². The van der Waals surface area contributed by atoms with Crippen LogP contribution in [0.15, 0.2) is 35.2 Å². The van der Waals surface area contributed by atoms with Crippen LogP contribution in [0.1, 0.15) is 5.56 Å². The summed E-state index contributed by atoms with van der Waals surface area (Å²) in [6, 6.07) is 3.37. The van der Waals surface area contributed by atoms with E-state index in [0.717, 1.165) is 5.56 Å². The minimum absolute atomic E-state index is 0.416. The third-order valence-corrected chi connectivity index (χ3v) is 2.95. The SMILES string of the molecule is Nc1ccc(C2=CS(=O)(=O)C=C2)cn1. The first-order valence-corrected chi connectivity index (χ1v) is 5.54. The van der Waals surface area contributed by atoms with Gasteiger partial charge in [-0.05, 0) is 23.8 Å². The Bertz CT molecular complexity index is 512. The van der Waals surface area contributed by atoms with Crippen LogP contribution in [0.2, 0.25) is 0 Å². The third kappa shape index (κ3) is 1.67. The first-order chi connectivity index (χ1) is 6.57. The lowest BCUT2D eigenvalue weighted by molar-refractivity contribution is 0.613. The summed E-state index contributed by atoms with van der Waals surface area (Å²) in [5.41, 5.74) is 6.80. The molecule has 0 spiro atoms. The number of sulfone groups is 1. The number of nitrogens with two attached hydrogens (primary N) is 1. The van der Waals surface area contributed by atoms with E-state index in [1.54, 1.807) is 24.4 Å².